The van der Waals surface area contributed by atoms with Crippen LogP contribution in [0.3, 0.4) is 0 Å². The van der Waals surface area contributed by atoms with Gasteiger partial charge in [0.15, 0.2) is 0 Å². The predicted octanol–water partition coefficient (Wildman–Crippen LogP) is 3.69. The van der Waals surface area contributed by atoms with Gasteiger partial charge < -0.3 is 5.11 Å². The minimum Gasteiger partial charge on any atom is -0.388 e. The molecule has 0 aromatic heterocycles. The second-order valence-corrected chi connectivity index (χ2v) is 4.49. The van der Waals surface area contributed by atoms with Gasteiger partial charge in [-0.25, -0.2) is 13.2 Å². The largest absolute Gasteiger partial charge is 0.388 e. The highest BCUT2D eigenvalue weighted by Gasteiger charge is 2.13. The van der Waals surface area contributed by atoms with E-state index in [1.54, 1.807) is 13.0 Å². The lowest BCUT2D eigenvalue weighted by Gasteiger charge is -2.13. The third-order valence-corrected chi connectivity index (χ3v) is 2.99. The van der Waals surface area contributed by atoms with Crippen LogP contribution >= 0.6 is 0 Å². The van der Waals surface area contributed by atoms with Gasteiger partial charge in [0, 0.05) is 12.5 Å². The van der Waals surface area contributed by atoms with Crippen LogP contribution in [0.25, 0.3) is 0 Å². The zero-order valence-corrected chi connectivity index (χ0v) is 10.3. The molecule has 0 heterocycles. The zero-order chi connectivity index (χ0) is 14.0. The van der Waals surface area contributed by atoms with Crippen LogP contribution < -0.4 is 0 Å². The van der Waals surface area contributed by atoms with Gasteiger partial charge in [-0.05, 0) is 47.9 Å². The first-order valence-corrected chi connectivity index (χ1v) is 5.85. The molecule has 2 aromatic rings. The lowest BCUT2D eigenvalue weighted by atomic mass is 9.98. The molecule has 0 fully saturated rings. The Kier molecular flexibility index (Phi) is 3.90. The third kappa shape index (κ3) is 3.35. The van der Waals surface area contributed by atoms with E-state index in [1.807, 2.05) is 0 Å². The molecule has 0 aliphatic heterocycles. The maximum atomic E-state index is 13.1. The van der Waals surface area contributed by atoms with Crippen molar-refractivity contribution in [3.05, 3.63) is 70.5 Å². The van der Waals surface area contributed by atoms with Crippen molar-refractivity contribution in [2.24, 2.45) is 0 Å². The molecule has 19 heavy (non-hydrogen) atoms. The lowest BCUT2D eigenvalue weighted by molar-refractivity contribution is 0.177. The van der Waals surface area contributed by atoms with Gasteiger partial charge in [-0.1, -0.05) is 6.07 Å². The average Bonchev–Trinajstić information content (AvgIpc) is 2.32. The number of aliphatic hydroxyl groups is 1. The highest BCUT2D eigenvalue weighted by molar-refractivity contribution is 5.29. The van der Waals surface area contributed by atoms with Gasteiger partial charge >= 0.3 is 0 Å². The molecule has 0 radical (unpaired) electrons. The summed E-state index contributed by atoms with van der Waals surface area (Å²) >= 11 is 0. The van der Waals surface area contributed by atoms with E-state index in [-0.39, 0.29) is 12.0 Å². The van der Waals surface area contributed by atoms with Crippen molar-refractivity contribution in [2.45, 2.75) is 19.4 Å². The quantitative estimate of drug-likeness (QED) is 0.898. The maximum Gasteiger partial charge on any atom is 0.126 e. The van der Waals surface area contributed by atoms with Crippen molar-refractivity contribution in [1.29, 1.82) is 0 Å². The summed E-state index contributed by atoms with van der Waals surface area (Å²) in [5.74, 6) is -1.90. The molecular formula is C15H13F3O. The Labute approximate surface area is 109 Å². The molecule has 2 aromatic carbocycles. The topological polar surface area (TPSA) is 20.2 Å². The van der Waals surface area contributed by atoms with Crippen molar-refractivity contribution in [3.63, 3.8) is 0 Å². The molecular weight excluding hydrogens is 253 g/mol. The van der Waals surface area contributed by atoms with Gasteiger partial charge in [-0.15, -0.1) is 0 Å². The molecule has 0 bridgehead atoms. The van der Waals surface area contributed by atoms with E-state index in [4.69, 9.17) is 0 Å². The van der Waals surface area contributed by atoms with Crippen LogP contribution in [0.5, 0.6) is 0 Å². The molecule has 0 saturated carbocycles. The molecule has 100 valence electrons. The molecule has 0 spiro atoms. The summed E-state index contributed by atoms with van der Waals surface area (Å²) in [6, 6.07) is 7.12. The highest BCUT2D eigenvalue weighted by Crippen LogP contribution is 2.22. The van der Waals surface area contributed by atoms with E-state index < -0.39 is 23.6 Å². The Morgan fingerprint density at radius 2 is 1.58 bits per heavy atom. The summed E-state index contributed by atoms with van der Waals surface area (Å²) in [6.07, 6.45) is -0.974. The first kappa shape index (κ1) is 13.6. The summed E-state index contributed by atoms with van der Waals surface area (Å²) in [5.41, 5.74) is 1.57. The molecule has 0 amide bonds. The van der Waals surface area contributed by atoms with Crippen LogP contribution in [0.15, 0.2) is 36.4 Å². The van der Waals surface area contributed by atoms with Crippen LogP contribution in [-0.4, -0.2) is 5.11 Å². The molecule has 0 saturated heterocycles. The second-order valence-electron chi connectivity index (χ2n) is 4.49. The Morgan fingerprint density at radius 1 is 0.947 bits per heavy atom. The van der Waals surface area contributed by atoms with Crippen LogP contribution in [0.1, 0.15) is 22.8 Å². The average molecular weight is 266 g/mol. The summed E-state index contributed by atoms with van der Waals surface area (Å²) < 4.78 is 39.2. The molecule has 1 unspecified atom stereocenters. The van der Waals surface area contributed by atoms with Crippen molar-refractivity contribution >= 4 is 0 Å². The summed E-state index contributed by atoms with van der Waals surface area (Å²) in [7, 11) is 0. The van der Waals surface area contributed by atoms with E-state index in [0.29, 0.717) is 5.56 Å². The van der Waals surface area contributed by atoms with Crippen LogP contribution in [0, 0.1) is 24.4 Å². The van der Waals surface area contributed by atoms with Crippen molar-refractivity contribution in [1.82, 2.24) is 0 Å². The fourth-order valence-electron chi connectivity index (χ4n) is 1.95. The fourth-order valence-corrected chi connectivity index (χ4v) is 1.95. The molecule has 2 rings (SSSR count). The molecule has 1 nitrogen and oxygen atoms in total. The molecule has 0 aliphatic rings. The van der Waals surface area contributed by atoms with Gasteiger partial charge in [0.2, 0.25) is 0 Å². The predicted molar refractivity (Wildman–Crippen MR) is 66.2 cm³/mol. The number of aryl methyl sites for hydroxylation is 1. The highest BCUT2D eigenvalue weighted by atomic mass is 19.1. The smallest absolute Gasteiger partial charge is 0.126 e. The number of halogens is 3. The number of rotatable bonds is 3. The second kappa shape index (κ2) is 5.45. The summed E-state index contributed by atoms with van der Waals surface area (Å²) in [6.45, 7) is 1.79. The van der Waals surface area contributed by atoms with Gasteiger partial charge in [0.25, 0.3) is 0 Å². The van der Waals surface area contributed by atoms with Gasteiger partial charge in [-0.2, -0.15) is 0 Å². The number of hydrogen-bond acceptors (Lipinski definition) is 1. The van der Waals surface area contributed by atoms with Crippen LogP contribution in [-0.2, 0) is 6.42 Å². The van der Waals surface area contributed by atoms with Crippen molar-refractivity contribution < 1.29 is 18.3 Å². The zero-order valence-electron chi connectivity index (χ0n) is 10.3. The molecule has 4 heteroatoms. The minimum atomic E-state index is -1.08. The standard InChI is InChI=1S/C15H13F3O/c1-9-2-3-12(16)4-10(9)7-15(19)11-5-13(17)8-14(18)6-11/h2-6,8,15,19H,7H2,1H3. The Balaban J connectivity index is 2.25. The van der Waals surface area contributed by atoms with E-state index in [9.17, 15) is 18.3 Å². The van der Waals surface area contributed by atoms with E-state index in [0.717, 1.165) is 23.8 Å². The molecule has 1 N–H and O–H groups in total. The Hall–Kier alpha value is -1.81. The van der Waals surface area contributed by atoms with Crippen molar-refractivity contribution in [2.75, 3.05) is 0 Å². The SMILES string of the molecule is Cc1ccc(F)cc1CC(O)c1cc(F)cc(F)c1. The van der Waals surface area contributed by atoms with Crippen LogP contribution in [0.2, 0.25) is 0 Å². The van der Waals surface area contributed by atoms with E-state index in [1.165, 1.54) is 12.1 Å². The number of aliphatic hydroxyl groups excluding tert-OH is 1. The monoisotopic (exact) mass is 266 g/mol. The first-order valence-electron chi connectivity index (χ1n) is 5.85. The number of benzene rings is 2. The van der Waals surface area contributed by atoms with E-state index in [2.05, 4.69) is 0 Å². The van der Waals surface area contributed by atoms with Gasteiger partial charge in [0.1, 0.15) is 17.5 Å². The Bertz CT molecular complexity index is 576. The minimum absolute atomic E-state index is 0.104. The number of hydrogen-bond donors (Lipinski definition) is 1. The summed E-state index contributed by atoms with van der Waals surface area (Å²) in [4.78, 5) is 0. The summed E-state index contributed by atoms with van der Waals surface area (Å²) in [5, 5.41) is 9.98. The third-order valence-electron chi connectivity index (χ3n) is 2.99. The van der Waals surface area contributed by atoms with E-state index >= 15 is 0 Å². The first-order chi connectivity index (χ1) is 8.95. The van der Waals surface area contributed by atoms with Gasteiger partial charge in [0.05, 0.1) is 6.10 Å². The molecule has 1 atom stereocenters. The Morgan fingerprint density at radius 3 is 2.21 bits per heavy atom. The van der Waals surface area contributed by atoms with Crippen molar-refractivity contribution in [3.8, 4) is 0 Å². The van der Waals surface area contributed by atoms with Crippen LogP contribution in [0.4, 0.5) is 13.2 Å². The van der Waals surface area contributed by atoms with Gasteiger partial charge in [-0.3, -0.25) is 0 Å². The normalized spacial score (nSPS) is 12.5. The maximum absolute atomic E-state index is 13.1. The fraction of sp³-hybridized carbons (Fsp3) is 0.200. The lowest BCUT2D eigenvalue weighted by Crippen LogP contribution is -2.04. The molecule has 0 aliphatic carbocycles.